The smallest absolute Gasteiger partial charge is 0.245 e. The highest BCUT2D eigenvalue weighted by molar-refractivity contribution is 8.00. The predicted octanol–water partition coefficient (Wildman–Crippen LogP) is 2.04. The lowest BCUT2D eigenvalue weighted by molar-refractivity contribution is -0.134. The van der Waals surface area contributed by atoms with Crippen molar-refractivity contribution in [2.75, 3.05) is 18.8 Å². The first-order valence-electron chi connectivity index (χ1n) is 7.62. The van der Waals surface area contributed by atoms with Gasteiger partial charge in [0.1, 0.15) is 6.04 Å². The number of hydrogen-bond donors (Lipinski definition) is 1. The van der Waals surface area contributed by atoms with Gasteiger partial charge >= 0.3 is 0 Å². The van der Waals surface area contributed by atoms with E-state index in [1.165, 1.54) is 12.2 Å². The Morgan fingerprint density at radius 1 is 1.45 bits per heavy atom. The molecule has 2 heterocycles. The van der Waals surface area contributed by atoms with Gasteiger partial charge in [-0.1, -0.05) is 13.8 Å². The highest BCUT2D eigenvalue weighted by atomic mass is 32.2. The number of thioether (sulfide) groups is 1. The molecule has 5 heteroatoms. The highest BCUT2D eigenvalue weighted by Crippen LogP contribution is 2.38. The third kappa shape index (κ3) is 3.90. The molecule has 0 spiro atoms. The summed E-state index contributed by atoms with van der Waals surface area (Å²) in [6.45, 7) is 7.76. The molecule has 2 unspecified atom stereocenters. The number of amides is 2. The Morgan fingerprint density at radius 2 is 2.20 bits per heavy atom. The predicted molar refractivity (Wildman–Crippen MR) is 82.7 cm³/mol. The van der Waals surface area contributed by atoms with E-state index in [9.17, 15) is 9.59 Å². The van der Waals surface area contributed by atoms with Crippen molar-refractivity contribution in [2.45, 2.75) is 57.2 Å². The van der Waals surface area contributed by atoms with Crippen molar-refractivity contribution in [3.05, 3.63) is 0 Å². The van der Waals surface area contributed by atoms with Gasteiger partial charge in [0.15, 0.2) is 0 Å². The largest absolute Gasteiger partial charge is 0.344 e. The summed E-state index contributed by atoms with van der Waals surface area (Å²) in [5.74, 6) is 1.71. The minimum absolute atomic E-state index is 0.00993. The van der Waals surface area contributed by atoms with E-state index in [0.717, 1.165) is 19.4 Å². The maximum absolute atomic E-state index is 12.7. The fourth-order valence-electron chi connectivity index (χ4n) is 3.05. The molecule has 114 valence electrons. The van der Waals surface area contributed by atoms with Gasteiger partial charge in [0.25, 0.3) is 0 Å². The van der Waals surface area contributed by atoms with Crippen LogP contribution in [0.1, 0.15) is 46.5 Å². The molecular formula is C15H26N2O2S. The molecule has 0 aliphatic carbocycles. The van der Waals surface area contributed by atoms with E-state index in [2.05, 4.69) is 26.1 Å². The molecule has 2 aliphatic rings. The monoisotopic (exact) mass is 298 g/mol. The molecule has 2 saturated heterocycles. The third-order valence-electron chi connectivity index (χ3n) is 4.09. The van der Waals surface area contributed by atoms with Crippen molar-refractivity contribution in [1.82, 2.24) is 10.2 Å². The molecule has 20 heavy (non-hydrogen) atoms. The first-order chi connectivity index (χ1) is 9.39. The van der Waals surface area contributed by atoms with Crippen LogP contribution >= 0.6 is 11.8 Å². The minimum atomic E-state index is -0.333. The molecule has 0 saturated carbocycles. The van der Waals surface area contributed by atoms with Gasteiger partial charge < -0.3 is 10.2 Å². The average Bonchev–Trinajstić information content (AvgIpc) is 2.74. The molecule has 0 aromatic heterocycles. The van der Waals surface area contributed by atoms with Crippen LogP contribution < -0.4 is 5.32 Å². The van der Waals surface area contributed by atoms with Crippen molar-refractivity contribution in [2.24, 2.45) is 5.92 Å². The van der Waals surface area contributed by atoms with E-state index in [-0.39, 0.29) is 22.6 Å². The average molecular weight is 298 g/mol. The minimum Gasteiger partial charge on any atom is -0.344 e. The quantitative estimate of drug-likeness (QED) is 0.864. The zero-order valence-electron chi connectivity index (χ0n) is 12.8. The first kappa shape index (κ1) is 15.7. The van der Waals surface area contributed by atoms with Gasteiger partial charge in [-0.25, -0.2) is 0 Å². The number of nitrogens with zero attached hydrogens (tertiary/aromatic N) is 1. The molecule has 0 bridgehead atoms. The maximum Gasteiger partial charge on any atom is 0.245 e. The van der Waals surface area contributed by atoms with Crippen molar-refractivity contribution in [3.63, 3.8) is 0 Å². The standard InChI is InChI=1S/C15H26N2O2S/c1-11(2)9-12-14(19)17(7-5-13(18)16-12)10-15(3)6-4-8-20-15/h11-12H,4-10H2,1-3H3,(H,16,18). The van der Waals surface area contributed by atoms with E-state index in [4.69, 9.17) is 0 Å². The number of hydrogen-bond acceptors (Lipinski definition) is 3. The van der Waals surface area contributed by atoms with E-state index < -0.39 is 0 Å². The summed E-state index contributed by atoms with van der Waals surface area (Å²) in [5.41, 5.74) is 0. The molecule has 0 aromatic rings. The van der Waals surface area contributed by atoms with Gasteiger partial charge in [0, 0.05) is 24.3 Å². The molecule has 0 radical (unpaired) electrons. The summed E-state index contributed by atoms with van der Waals surface area (Å²) >= 11 is 1.96. The topological polar surface area (TPSA) is 49.4 Å². The zero-order valence-corrected chi connectivity index (χ0v) is 13.6. The van der Waals surface area contributed by atoms with Crippen molar-refractivity contribution in [3.8, 4) is 0 Å². The van der Waals surface area contributed by atoms with Gasteiger partial charge in [0.2, 0.25) is 11.8 Å². The van der Waals surface area contributed by atoms with Crippen molar-refractivity contribution < 1.29 is 9.59 Å². The second-order valence-corrected chi connectivity index (χ2v) is 8.34. The fraction of sp³-hybridized carbons (Fsp3) is 0.867. The number of carbonyl (C=O) groups is 2. The summed E-state index contributed by atoms with van der Waals surface area (Å²) in [7, 11) is 0. The van der Waals surface area contributed by atoms with E-state index in [1.807, 2.05) is 16.7 Å². The second-order valence-electron chi connectivity index (χ2n) is 6.66. The Morgan fingerprint density at radius 3 is 2.80 bits per heavy atom. The summed E-state index contributed by atoms with van der Waals surface area (Å²) in [6, 6.07) is -0.333. The fourth-order valence-corrected chi connectivity index (χ4v) is 4.37. The summed E-state index contributed by atoms with van der Waals surface area (Å²) in [5, 5.41) is 2.89. The molecule has 2 fully saturated rings. The Hall–Kier alpha value is -0.710. The molecule has 0 aromatic carbocycles. The third-order valence-corrected chi connectivity index (χ3v) is 5.61. The Balaban J connectivity index is 2.06. The van der Waals surface area contributed by atoms with Crippen molar-refractivity contribution >= 4 is 23.6 Å². The number of carbonyl (C=O) groups excluding carboxylic acids is 2. The summed E-state index contributed by atoms with van der Waals surface area (Å²) in [4.78, 5) is 26.4. The molecule has 2 atom stereocenters. The van der Waals surface area contributed by atoms with Crippen molar-refractivity contribution in [1.29, 1.82) is 0 Å². The molecule has 2 amide bonds. The van der Waals surface area contributed by atoms with Crippen LogP contribution in [0.5, 0.6) is 0 Å². The van der Waals surface area contributed by atoms with E-state index in [1.54, 1.807) is 0 Å². The van der Waals surface area contributed by atoms with E-state index >= 15 is 0 Å². The number of rotatable bonds is 4. The highest BCUT2D eigenvalue weighted by Gasteiger charge is 2.37. The first-order valence-corrected chi connectivity index (χ1v) is 8.60. The van der Waals surface area contributed by atoms with Crippen LogP contribution in [0.15, 0.2) is 0 Å². The lowest BCUT2D eigenvalue weighted by atomic mass is 10.0. The van der Waals surface area contributed by atoms with Crippen LogP contribution in [0.3, 0.4) is 0 Å². The Bertz CT molecular complexity index is 378. The second kappa shape index (κ2) is 6.37. The lowest BCUT2D eigenvalue weighted by Gasteiger charge is -2.32. The zero-order chi connectivity index (χ0) is 14.8. The van der Waals surface area contributed by atoms with E-state index in [0.29, 0.717) is 18.9 Å². The molecule has 4 nitrogen and oxygen atoms in total. The lowest BCUT2D eigenvalue weighted by Crippen LogP contribution is -2.48. The van der Waals surface area contributed by atoms with Crippen LogP contribution in [0.4, 0.5) is 0 Å². The summed E-state index contributed by atoms with van der Waals surface area (Å²) in [6.07, 6.45) is 3.56. The molecule has 1 N–H and O–H groups in total. The molecule has 2 aliphatic heterocycles. The summed E-state index contributed by atoms with van der Waals surface area (Å²) < 4.78 is 0.172. The molecular weight excluding hydrogens is 272 g/mol. The van der Waals surface area contributed by atoms with Crippen LogP contribution in [0, 0.1) is 5.92 Å². The van der Waals surface area contributed by atoms with Gasteiger partial charge in [-0.05, 0) is 37.9 Å². The Kier molecular flexibility index (Phi) is 4.99. The van der Waals surface area contributed by atoms with Gasteiger partial charge in [-0.2, -0.15) is 11.8 Å². The number of nitrogens with one attached hydrogen (secondary N) is 1. The van der Waals surface area contributed by atoms with Gasteiger partial charge in [-0.15, -0.1) is 0 Å². The molecule has 2 rings (SSSR count). The Labute approximate surface area is 126 Å². The van der Waals surface area contributed by atoms with Crippen LogP contribution in [0.2, 0.25) is 0 Å². The van der Waals surface area contributed by atoms with Gasteiger partial charge in [0.05, 0.1) is 0 Å². The van der Waals surface area contributed by atoms with Crippen LogP contribution in [0.25, 0.3) is 0 Å². The SMILES string of the molecule is CC(C)CC1NC(=O)CCN(CC2(C)CCCS2)C1=O. The maximum atomic E-state index is 12.7. The normalized spacial score (nSPS) is 31.6. The van der Waals surface area contributed by atoms with Gasteiger partial charge in [-0.3, -0.25) is 9.59 Å². The van der Waals surface area contributed by atoms with Crippen LogP contribution in [-0.2, 0) is 9.59 Å². The van der Waals surface area contributed by atoms with Crippen LogP contribution in [-0.4, -0.2) is 46.3 Å².